The molecule has 0 unspecified atom stereocenters. The van der Waals surface area contributed by atoms with Crippen LogP contribution in [-0.2, 0) is 6.54 Å². The van der Waals surface area contributed by atoms with E-state index in [-0.39, 0.29) is 6.03 Å². The van der Waals surface area contributed by atoms with Crippen molar-refractivity contribution in [3.63, 3.8) is 0 Å². The van der Waals surface area contributed by atoms with Gasteiger partial charge in [-0.25, -0.2) is 4.79 Å². The highest BCUT2D eigenvalue weighted by Gasteiger charge is 2.04. The van der Waals surface area contributed by atoms with Crippen molar-refractivity contribution < 1.29 is 14.3 Å². The van der Waals surface area contributed by atoms with Crippen LogP contribution in [0.4, 0.5) is 4.79 Å². The van der Waals surface area contributed by atoms with Crippen molar-refractivity contribution in [2.24, 2.45) is 0 Å². The minimum Gasteiger partial charge on any atom is -0.497 e. The lowest BCUT2D eigenvalue weighted by molar-refractivity contribution is 0.241. The second-order valence-corrected chi connectivity index (χ2v) is 6.74. The predicted octanol–water partition coefficient (Wildman–Crippen LogP) is 3.95. The summed E-state index contributed by atoms with van der Waals surface area (Å²) in [5.41, 5.74) is 0.905. The van der Waals surface area contributed by atoms with E-state index in [1.165, 1.54) is 0 Å². The van der Waals surface area contributed by atoms with Gasteiger partial charge < -0.3 is 20.1 Å². The topological polar surface area (TPSA) is 59.6 Å². The second kappa shape index (κ2) is 10.1. The molecular formula is C18H21ClN2O3S. The summed E-state index contributed by atoms with van der Waals surface area (Å²) < 4.78 is 10.4. The van der Waals surface area contributed by atoms with E-state index in [2.05, 4.69) is 10.6 Å². The summed E-state index contributed by atoms with van der Waals surface area (Å²) in [5, 5.41) is 6.37. The van der Waals surface area contributed by atoms with Crippen molar-refractivity contribution in [2.75, 3.05) is 26.5 Å². The lowest BCUT2D eigenvalue weighted by Crippen LogP contribution is -2.36. The Morgan fingerprint density at radius 3 is 2.28 bits per heavy atom. The maximum Gasteiger partial charge on any atom is 0.315 e. The minimum atomic E-state index is -0.210. The monoisotopic (exact) mass is 380 g/mol. The molecule has 0 atom stereocenters. The Hall–Kier alpha value is -2.05. The number of carbonyl (C=O) groups is 1. The van der Waals surface area contributed by atoms with Crippen LogP contribution in [0.25, 0.3) is 0 Å². The van der Waals surface area contributed by atoms with Gasteiger partial charge in [-0.3, -0.25) is 0 Å². The van der Waals surface area contributed by atoms with Gasteiger partial charge in [0.15, 0.2) is 0 Å². The Balaban J connectivity index is 1.71. The van der Waals surface area contributed by atoms with Crippen molar-refractivity contribution in [1.29, 1.82) is 0 Å². The van der Waals surface area contributed by atoms with E-state index in [4.69, 9.17) is 21.1 Å². The van der Waals surface area contributed by atoms with E-state index in [1.54, 1.807) is 32.0 Å². The smallest absolute Gasteiger partial charge is 0.315 e. The average Bonchev–Trinajstić information content (AvgIpc) is 2.64. The summed E-state index contributed by atoms with van der Waals surface area (Å²) >= 11 is 7.51. The first kappa shape index (κ1) is 19.3. The fourth-order valence-corrected chi connectivity index (χ4v) is 2.97. The number of hydrogen-bond acceptors (Lipinski definition) is 4. The van der Waals surface area contributed by atoms with Crippen LogP contribution in [0.15, 0.2) is 47.4 Å². The Morgan fingerprint density at radius 1 is 1.04 bits per heavy atom. The predicted molar refractivity (Wildman–Crippen MR) is 102 cm³/mol. The number of rotatable bonds is 8. The Bertz CT molecular complexity index is 673. The quantitative estimate of drug-likeness (QED) is 0.537. The van der Waals surface area contributed by atoms with Crippen LogP contribution in [0.2, 0.25) is 5.02 Å². The third-order valence-electron chi connectivity index (χ3n) is 3.33. The molecule has 2 N–H and O–H groups in total. The number of urea groups is 1. The number of amides is 2. The molecular weight excluding hydrogens is 360 g/mol. The molecule has 2 rings (SSSR count). The molecule has 0 radical (unpaired) electrons. The second-order valence-electron chi connectivity index (χ2n) is 5.13. The van der Waals surface area contributed by atoms with E-state index in [9.17, 15) is 4.79 Å². The zero-order valence-corrected chi connectivity index (χ0v) is 15.7. The number of benzene rings is 2. The fourth-order valence-electron chi connectivity index (χ4n) is 2.08. The molecule has 0 aromatic heterocycles. The molecule has 0 spiro atoms. The first-order valence-electron chi connectivity index (χ1n) is 7.72. The van der Waals surface area contributed by atoms with Crippen molar-refractivity contribution in [3.05, 3.63) is 53.1 Å². The Morgan fingerprint density at radius 2 is 1.68 bits per heavy atom. The standard InChI is InChI=1S/C18H21ClN2O3S/c1-23-15-9-13(10-16(11-15)24-2)12-21-18(22)20-7-8-25-17-5-3-14(19)4-6-17/h3-6,9-11H,7-8,12H2,1-2H3,(H2,20,21,22). The zero-order valence-electron chi connectivity index (χ0n) is 14.2. The van der Waals surface area contributed by atoms with Gasteiger partial charge in [-0.15, -0.1) is 11.8 Å². The molecule has 2 amide bonds. The van der Waals surface area contributed by atoms with Crippen molar-refractivity contribution in [3.8, 4) is 11.5 Å². The lowest BCUT2D eigenvalue weighted by atomic mass is 10.2. The highest BCUT2D eigenvalue weighted by atomic mass is 35.5. The number of halogens is 1. The molecule has 0 aliphatic carbocycles. The van der Waals surface area contributed by atoms with E-state index in [1.807, 2.05) is 36.4 Å². The van der Waals surface area contributed by atoms with Crippen molar-refractivity contribution >= 4 is 29.4 Å². The molecule has 134 valence electrons. The SMILES string of the molecule is COc1cc(CNC(=O)NCCSc2ccc(Cl)cc2)cc(OC)c1. The van der Waals surface area contributed by atoms with Crippen LogP contribution in [0, 0.1) is 0 Å². The van der Waals surface area contributed by atoms with Gasteiger partial charge in [0.05, 0.1) is 14.2 Å². The number of hydrogen-bond donors (Lipinski definition) is 2. The van der Waals surface area contributed by atoms with Crippen LogP contribution in [0.3, 0.4) is 0 Å². The molecule has 0 aliphatic rings. The average molecular weight is 381 g/mol. The Labute approximate surface area is 157 Å². The lowest BCUT2D eigenvalue weighted by Gasteiger charge is -2.10. The van der Waals surface area contributed by atoms with Crippen LogP contribution in [-0.4, -0.2) is 32.5 Å². The maximum atomic E-state index is 11.9. The van der Waals surface area contributed by atoms with E-state index < -0.39 is 0 Å². The summed E-state index contributed by atoms with van der Waals surface area (Å²) in [7, 11) is 3.19. The van der Waals surface area contributed by atoms with Gasteiger partial charge in [0.1, 0.15) is 11.5 Å². The number of nitrogens with one attached hydrogen (secondary N) is 2. The minimum absolute atomic E-state index is 0.210. The van der Waals surface area contributed by atoms with Gasteiger partial charge in [0, 0.05) is 34.8 Å². The van der Waals surface area contributed by atoms with Crippen LogP contribution in [0.1, 0.15) is 5.56 Å². The molecule has 7 heteroatoms. The molecule has 0 heterocycles. The molecule has 2 aromatic rings. The van der Waals surface area contributed by atoms with Crippen LogP contribution >= 0.6 is 23.4 Å². The molecule has 0 saturated carbocycles. The van der Waals surface area contributed by atoms with E-state index >= 15 is 0 Å². The van der Waals surface area contributed by atoms with Crippen molar-refractivity contribution in [1.82, 2.24) is 10.6 Å². The van der Waals surface area contributed by atoms with Gasteiger partial charge in [0.25, 0.3) is 0 Å². The maximum absolute atomic E-state index is 11.9. The van der Waals surface area contributed by atoms with Crippen LogP contribution < -0.4 is 20.1 Å². The third kappa shape index (κ3) is 6.76. The highest BCUT2D eigenvalue weighted by Crippen LogP contribution is 2.22. The number of ether oxygens (including phenoxy) is 2. The number of thioether (sulfide) groups is 1. The highest BCUT2D eigenvalue weighted by molar-refractivity contribution is 7.99. The summed E-state index contributed by atoms with van der Waals surface area (Å²) in [6.45, 7) is 0.963. The van der Waals surface area contributed by atoms with E-state index in [0.29, 0.717) is 24.6 Å². The van der Waals surface area contributed by atoms with Crippen LogP contribution in [0.5, 0.6) is 11.5 Å². The fraction of sp³-hybridized carbons (Fsp3) is 0.278. The molecule has 5 nitrogen and oxygen atoms in total. The van der Waals surface area contributed by atoms with Gasteiger partial charge in [-0.05, 0) is 42.0 Å². The van der Waals surface area contributed by atoms with Gasteiger partial charge in [-0.1, -0.05) is 11.6 Å². The Kier molecular flexibility index (Phi) is 7.76. The molecule has 0 aliphatic heterocycles. The summed E-state index contributed by atoms with van der Waals surface area (Å²) in [6, 6.07) is 12.9. The first-order chi connectivity index (χ1) is 12.1. The zero-order chi connectivity index (χ0) is 18.1. The summed E-state index contributed by atoms with van der Waals surface area (Å²) in [6.07, 6.45) is 0. The van der Waals surface area contributed by atoms with Gasteiger partial charge >= 0.3 is 6.03 Å². The molecule has 0 fully saturated rings. The molecule has 25 heavy (non-hydrogen) atoms. The molecule has 0 bridgehead atoms. The third-order valence-corrected chi connectivity index (χ3v) is 4.60. The first-order valence-corrected chi connectivity index (χ1v) is 9.09. The molecule has 0 saturated heterocycles. The van der Waals surface area contributed by atoms with Gasteiger partial charge in [-0.2, -0.15) is 0 Å². The summed E-state index contributed by atoms with van der Waals surface area (Å²) in [5.74, 6) is 2.16. The largest absolute Gasteiger partial charge is 0.497 e. The van der Waals surface area contributed by atoms with Crippen molar-refractivity contribution in [2.45, 2.75) is 11.4 Å². The normalized spacial score (nSPS) is 10.2. The molecule has 2 aromatic carbocycles. The number of carbonyl (C=O) groups excluding carboxylic acids is 1. The van der Waals surface area contributed by atoms with E-state index in [0.717, 1.165) is 21.2 Å². The van der Waals surface area contributed by atoms with Gasteiger partial charge in [0.2, 0.25) is 0 Å². The summed E-state index contributed by atoms with van der Waals surface area (Å²) in [4.78, 5) is 13.0. The number of methoxy groups -OCH3 is 2.